The van der Waals surface area contributed by atoms with Gasteiger partial charge in [-0.25, -0.2) is 0 Å². The van der Waals surface area contributed by atoms with Gasteiger partial charge in [0, 0.05) is 12.8 Å². The van der Waals surface area contributed by atoms with Crippen LogP contribution in [0, 0.1) is 0 Å². The van der Waals surface area contributed by atoms with Gasteiger partial charge in [-0.3, -0.25) is 9.59 Å². The molecule has 1 fully saturated rings. The fourth-order valence-electron chi connectivity index (χ4n) is 10.4. The van der Waals surface area contributed by atoms with Crippen LogP contribution in [0.1, 0.15) is 310 Å². The first-order chi connectivity index (χ1) is 38.7. The highest BCUT2D eigenvalue weighted by molar-refractivity contribution is 5.81. The number of amides is 1. The number of rotatable bonds is 57. The van der Waals surface area contributed by atoms with Crippen LogP contribution in [0.5, 0.6) is 0 Å². The van der Waals surface area contributed by atoms with Crippen LogP contribution in [0.3, 0.4) is 0 Å². The molecule has 0 saturated carbocycles. The van der Waals surface area contributed by atoms with E-state index >= 15 is 0 Å². The normalized spacial score (nSPS) is 19.1. The molecule has 8 unspecified atom stereocenters. The average Bonchev–Trinajstić information content (AvgIpc) is 3.44. The highest BCUT2D eigenvalue weighted by atomic mass is 16.7. The average molecular weight is 1120 g/mol. The molecule has 1 aliphatic rings. The summed E-state index contributed by atoms with van der Waals surface area (Å²) in [6.45, 7) is 5.75. The summed E-state index contributed by atoms with van der Waals surface area (Å²) in [5.41, 5.74) is 0. The molecule has 0 aromatic rings. The molecule has 0 aliphatic carbocycles. The third kappa shape index (κ3) is 43.9. The molecule has 1 rings (SSSR count). The molecule has 1 heterocycles. The summed E-state index contributed by atoms with van der Waals surface area (Å²) >= 11 is 0. The predicted molar refractivity (Wildman–Crippen MR) is 329 cm³/mol. The first-order valence-electron chi connectivity index (χ1n) is 33.4. The molecule has 1 aliphatic heterocycles. The fraction of sp³-hybridized carbons (Fsp3) is 0.853. The molecule has 0 radical (unpaired) electrons. The Bertz CT molecular complexity index is 1470. The zero-order valence-electron chi connectivity index (χ0n) is 51.2. The van der Waals surface area contributed by atoms with Crippen molar-refractivity contribution >= 4 is 11.9 Å². The highest BCUT2D eigenvalue weighted by Crippen LogP contribution is 2.26. The Morgan fingerprint density at radius 3 is 1.30 bits per heavy atom. The first-order valence-corrected chi connectivity index (χ1v) is 33.4. The second-order valence-corrected chi connectivity index (χ2v) is 23.2. The van der Waals surface area contributed by atoms with Crippen molar-refractivity contribution in [2.24, 2.45) is 0 Å². The Morgan fingerprint density at radius 1 is 0.494 bits per heavy atom. The van der Waals surface area contributed by atoms with Crippen LogP contribution in [0.25, 0.3) is 0 Å². The topological polar surface area (TPSA) is 175 Å². The van der Waals surface area contributed by atoms with E-state index in [0.29, 0.717) is 12.8 Å². The smallest absolute Gasteiger partial charge is 0.306 e. The maximum atomic E-state index is 13.3. The highest BCUT2D eigenvalue weighted by Gasteiger charge is 2.47. The summed E-state index contributed by atoms with van der Waals surface area (Å²) in [5, 5.41) is 56.8. The number of aliphatic hydroxyl groups is 5. The number of nitrogens with one attached hydrogen (secondary N) is 1. The van der Waals surface area contributed by atoms with Gasteiger partial charge < -0.3 is 45.1 Å². The van der Waals surface area contributed by atoms with Gasteiger partial charge in [0.15, 0.2) is 12.4 Å². The largest absolute Gasteiger partial charge is 0.454 e. The Balaban J connectivity index is 2.53. The fourth-order valence-corrected chi connectivity index (χ4v) is 10.4. The second kappa shape index (κ2) is 56.1. The van der Waals surface area contributed by atoms with E-state index in [1.54, 1.807) is 12.2 Å². The number of hydrogen-bond acceptors (Lipinski definition) is 10. The molecule has 0 bridgehead atoms. The van der Waals surface area contributed by atoms with E-state index < -0.39 is 67.4 Å². The number of ether oxygens (including phenoxy) is 3. The van der Waals surface area contributed by atoms with Crippen LogP contribution in [0.4, 0.5) is 0 Å². The third-order valence-corrected chi connectivity index (χ3v) is 15.7. The van der Waals surface area contributed by atoms with Crippen molar-refractivity contribution in [1.29, 1.82) is 0 Å². The summed E-state index contributed by atoms with van der Waals surface area (Å²) in [4.78, 5) is 26.5. The van der Waals surface area contributed by atoms with Gasteiger partial charge in [0.2, 0.25) is 5.91 Å². The Morgan fingerprint density at radius 2 is 0.873 bits per heavy atom. The van der Waals surface area contributed by atoms with Crippen LogP contribution in [0.15, 0.2) is 48.6 Å². The van der Waals surface area contributed by atoms with Crippen LogP contribution < -0.4 is 5.32 Å². The monoisotopic (exact) mass is 1120 g/mol. The zero-order valence-corrected chi connectivity index (χ0v) is 51.2. The molecule has 11 heteroatoms. The van der Waals surface area contributed by atoms with E-state index in [9.17, 15) is 35.1 Å². The zero-order chi connectivity index (χ0) is 57.5. The summed E-state index contributed by atoms with van der Waals surface area (Å²) in [6.07, 6.45) is 59.1. The van der Waals surface area contributed by atoms with Gasteiger partial charge in [-0.1, -0.05) is 281 Å². The van der Waals surface area contributed by atoms with Crippen molar-refractivity contribution in [2.75, 3.05) is 13.2 Å². The number of hydrogen-bond donors (Lipinski definition) is 6. The van der Waals surface area contributed by atoms with Crippen LogP contribution >= 0.6 is 0 Å². The summed E-state index contributed by atoms with van der Waals surface area (Å²) < 4.78 is 17.6. The van der Waals surface area contributed by atoms with Crippen molar-refractivity contribution < 1.29 is 49.3 Å². The van der Waals surface area contributed by atoms with Gasteiger partial charge in [-0.15, -0.1) is 0 Å². The lowest BCUT2D eigenvalue weighted by molar-refractivity contribution is -0.305. The molecule has 79 heavy (non-hydrogen) atoms. The van der Waals surface area contributed by atoms with E-state index in [1.807, 2.05) is 12.2 Å². The molecular formula is C68H125NO10. The molecule has 0 spiro atoms. The number of unbranched alkanes of at least 4 members (excludes halogenated alkanes) is 38. The predicted octanol–water partition coefficient (Wildman–Crippen LogP) is 16.4. The van der Waals surface area contributed by atoms with Gasteiger partial charge in [0.1, 0.15) is 24.4 Å². The lowest BCUT2D eigenvalue weighted by atomic mass is 9.99. The van der Waals surface area contributed by atoms with Crippen LogP contribution in [-0.4, -0.2) is 99.6 Å². The molecule has 1 saturated heterocycles. The molecule has 11 nitrogen and oxygen atoms in total. The van der Waals surface area contributed by atoms with Gasteiger partial charge in [-0.05, 0) is 64.2 Å². The summed E-state index contributed by atoms with van der Waals surface area (Å²) in [5.74, 6) is -1.26. The van der Waals surface area contributed by atoms with Crippen molar-refractivity contribution in [3.63, 3.8) is 0 Å². The van der Waals surface area contributed by atoms with Crippen LogP contribution in [0.2, 0.25) is 0 Å². The molecule has 1 amide bonds. The second-order valence-electron chi connectivity index (χ2n) is 23.2. The maximum absolute atomic E-state index is 13.3. The molecule has 462 valence electrons. The maximum Gasteiger partial charge on any atom is 0.306 e. The van der Waals surface area contributed by atoms with Crippen molar-refractivity contribution in [2.45, 2.75) is 359 Å². The summed E-state index contributed by atoms with van der Waals surface area (Å²) in [7, 11) is 0. The van der Waals surface area contributed by atoms with Gasteiger partial charge >= 0.3 is 5.97 Å². The van der Waals surface area contributed by atoms with E-state index in [2.05, 4.69) is 50.4 Å². The minimum Gasteiger partial charge on any atom is -0.454 e. The quantitative estimate of drug-likeness (QED) is 0.0195. The molecule has 8 atom stereocenters. The number of allylic oxidation sites excluding steroid dienone is 6. The molecule has 0 aromatic carbocycles. The van der Waals surface area contributed by atoms with E-state index in [0.717, 1.165) is 51.4 Å². The summed E-state index contributed by atoms with van der Waals surface area (Å²) in [6, 6.07) is -1.05. The standard InChI is InChI=1S/C68H125NO10/c1-4-7-10-13-16-19-22-24-25-26-27-28-29-30-31-32-33-34-35-36-37-38-41-44-47-50-53-56-63(73)79-66-65(75)64(74)62(57-70)78-68(66)77-58-59(60(71)54-51-48-45-42-39-21-18-15-12-9-6-3)69-67(76)61(72)55-52-49-46-43-40-23-20-17-14-11-8-5-2/h24-25,40,43,49,51-52,54,59-62,64-66,68,70-72,74-75H,4-23,26-39,41-42,44-48,50,53,55-58H2,1-3H3,(H,69,76)/b25-24+,43-40-,52-49+,54-51+. The Labute approximate surface area is 485 Å². The number of esters is 1. The number of carbonyl (C=O) groups excluding carboxylic acids is 2. The van der Waals surface area contributed by atoms with Gasteiger partial charge in [0.05, 0.1) is 25.4 Å². The van der Waals surface area contributed by atoms with Crippen molar-refractivity contribution in [3.05, 3.63) is 48.6 Å². The molecule has 6 N–H and O–H groups in total. The number of carbonyl (C=O) groups is 2. The van der Waals surface area contributed by atoms with Gasteiger partial charge in [-0.2, -0.15) is 0 Å². The minimum absolute atomic E-state index is 0.0832. The lowest BCUT2D eigenvalue weighted by Gasteiger charge is -2.41. The third-order valence-electron chi connectivity index (χ3n) is 15.7. The van der Waals surface area contributed by atoms with Gasteiger partial charge in [0.25, 0.3) is 0 Å². The SMILES string of the molecule is CCCCCCCC/C=C\C/C=C/CC(O)C(=O)NC(COC1OC(CO)C(O)C(O)C1OC(=O)CCCCCCCCCCCCCCCCCCC/C=C/CCCCCCCC)C(O)/C=C/CCCCCCCCCCC. The van der Waals surface area contributed by atoms with E-state index in [-0.39, 0.29) is 19.4 Å². The van der Waals surface area contributed by atoms with Crippen LogP contribution in [-0.2, 0) is 23.8 Å². The van der Waals surface area contributed by atoms with E-state index in [4.69, 9.17) is 14.2 Å². The number of aliphatic hydroxyl groups excluding tert-OH is 5. The Hall–Kier alpha value is -2.38. The molecular weight excluding hydrogens is 991 g/mol. The van der Waals surface area contributed by atoms with Crippen molar-refractivity contribution in [3.8, 4) is 0 Å². The van der Waals surface area contributed by atoms with E-state index in [1.165, 1.54) is 212 Å². The molecule has 0 aromatic heterocycles. The minimum atomic E-state index is -1.62. The lowest BCUT2D eigenvalue weighted by Crippen LogP contribution is -2.61. The van der Waals surface area contributed by atoms with Crippen molar-refractivity contribution in [1.82, 2.24) is 5.32 Å². The first kappa shape index (κ1) is 74.6. The Kier molecular flexibility index (Phi) is 53.0.